The molecule has 1 N–H and O–H groups in total. The number of aromatic nitrogens is 3. The minimum atomic E-state index is -0.0278. The highest BCUT2D eigenvalue weighted by molar-refractivity contribution is 7.09. The van der Waals surface area contributed by atoms with Crippen LogP contribution in [-0.2, 0) is 24.3 Å². The molecule has 2 heterocycles. The number of benzene rings is 1. The molecule has 2 aromatic heterocycles. The fourth-order valence-corrected chi connectivity index (χ4v) is 3.12. The van der Waals surface area contributed by atoms with Crippen LogP contribution in [0.4, 0.5) is 0 Å². The van der Waals surface area contributed by atoms with Crippen LogP contribution in [0.25, 0.3) is 11.0 Å². The fraction of sp³-hybridized carbons (Fsp3) is 0.312. The molecule has 0 aliphatic rings. The van der Waals surface area contributed by atoms with Crippen LogP contribution < -0.4 is 5.32 Å². The van der Waals surface area contributed by atoms with Crippen molar-refractivity contribution >= 4 is 28.3 Å². The van der Waals surface area contributed by atoms with Crippen LogP contribution in [0.3, 0.4) is 0 Å². The number of fused-ring (bicyclic) bond motifs is 1. The maximum Gasteiger partial charge on any atom is 0.226 e. The van der Waals surface area contributed by atoms with Crippen molar-refractivity contribution in [2.24, 2.45) is 0 Å². The zero-order valence-electron chi connectivity index (χ0n) is 12.7. The van der Waals surface area contributed by atoms with Crippen LogP contribution in [0.1, 0.15) is 23.4 Å². The first-order chi connectivity index (χ1) is 10.7. The zero-order valence-corrected chi connectivity index (χ0v) is 13.5. The van der Waals surface area contributed by atoms with E-state index in [-0.39, 0.29) is 5.91 Å². The summed E-state index contributed by atoms with van der Waals surface area (Å²) in [6.07, 6.45) is 0.316. The van der Waals surface area contributed by atoms with Gasteiger partial charge in [-0.2, -0.15) is 0 Å². The van der Waals surface area contributed by atoms with Crippen molar-refractivity contribution in [2.45, 2.75) is 33.4 Å². The molecule has 0 atom stereocenters. The molecule has 0 radical (unpaired) electrons. The number of hydrogen-bond donors (Lipinski definition) is 1. The highest BCUT2D eigenvalue weighted by atomic mass is 32.1. The molecule has 3 aromatic rings. The number of carbonyl (C=O) groups is 1. The Kier molecular flexibility index (Phi) is 4.20. The minimum absolute atomic E-state index is 0.0278. The number of imidazole rings is 1. The summed E-state index contributed by atoms with van der Waals surface area (Å²) in [7, 11) is 0. The van der Waals surface area contributed by atoms with Gasteiger partial charge in [0, 0.05) is 11.9 Å². The van der Waals surface area contributed by atoms with Gasteiger partial charge in [-0.15, -0.1) is 11.3 Å². The topological polar surface area (TPSA) is 59.8 Å². The third kappa shape index (κ3) is 3.01. The van der Waals surface area contributed by atoms with Gasteiger partial charge in [0.1, 0.15) is 5.82 Å². The van der Waals surface area contributed by atoms with E-state index in [1.807, 2.05) is 30.5 Å². The van der Waals surface area contributed by atoms with Crippen LogP contribution in [0.2, 0.25) is 0 Å². The van der Waals surface area contributed by atoms with E-state index < -0.39 is 0 Å². The van der Waals surface area contributed by atoms with Crippen molar-refractivity contribution in [3.63, 3.8) is 0 Å². The van der Waals surface area contributed by atoms with Crippen LogP contribution in [0.15, 0.2) is 29.6 Å². The average Bonchev–Trinajstić information content (AvgIpc) is 3.07. The molecule has 0 saturated heterocycles. The monoisotopic (exact) mass is 314 g/mol. The molecule has 1 amide bonds. The van der Waals surface area contributed by atoms with Gasteiger partial charge in [0.05, 0.1) is 34.7 Å². The standard InChI is InChI=1S/C16H18N4OS/c1-3-20-14-7-5-4-6-13(14)19-15(20)9-17-16(21)8-12-10-22-11(2)18-12/h4-7,10H,3,8-9H2,1-2H3,(H,17,21). The Labute approximate surface area is 133 Å². The van der Waals surface area contributed by atoms with E-state index in [4.69, 9.17) is 0 Å². The average molecular weight is 314 g/mol. The lowest BCUT2D eigenvalue weighted by Crippen LogP contribution is -2.26. The Balaban J connectivity index is 1.69. The molecule has 1 aromatic carbocycles. The first kappa shape index (κ1) is 14.7. The van der Waals surface area contributed by atoms with E-state index in [0.29, 0.717) is 13.0 Å². The molecule has 22 heavy (non-hydrogen) atoms. The number of hydrogen-bond acceptors (Lipinski definition) is 4. The molecule has 6 heteroatoms. The molecule has 114 valence electrons. The second-order valence-corrected chi connectivity index (χ2v) is 6.13. The summed E-state index contributed by atoms with van der Waals surface area (Å²) in [5, 5.41) is 5.84. The second kappa shape index (κ2) is 6.27. The van der Waals surface area contributed by atoms with Gasteiger partial charge in [-0.3, -0.25) is 4.79 Å². The van der Waals surface area contributed by atoms with Gasteiger partial charge in [0.25, 0.3) is 0 Å². The Bertz CT molecular complexity index is 805. The number of nitrogens with zero attached hydrogens (tertiary/aromatic N) is 3. The fourth-order valence-electron chi connectivity index (χ4n) is 2.51. The second-order valence-electron chi connectivity index (χ2n) is 5.07. The summed E-state index contributed by atoms with van der Waals surface area (Å²) in [5.74, 6) is 0.853. The van der Waals surface area contributed by atoms with Gasteiger partial charge in [-0.25, -0.2) is 9.97 Å². The summed E-state index contributed by atoms with van der Waals surface area (Å²) in [4.78, 5) is 20.9. The highest BCUT2D eigenvalue weighted by Crippen LogP contribution is 2.15. The Morgan fingerprint density at radius 1 is 1.32 bits per heavy atom. The van der Waals surface area contributed by atoms with Crippen LogP contribution >= 0.6 is 11.3 Å². The van der Waals surface area contributed by atoms with Gasteiger partial charge >= 0.3 is 0 Å². The number of carbonyl (C=O) groups excluding carboxylic acids is 1. The lowest BCUT2D eigenvalue weighted by atomic mass is 10.3. The normalized spacial score (nSPS) is 11.0. The molecule has 0 bridgehead atoms. The number of nitrogens with one attached hydrogen (secondary N) is 1. The predicted molar refractivity (Wildman–Crippen MR) is 87.8 cm³/mol. The molecule has 0 aliphatic carbocycles. The van der Waals surface area contributed by atoms with Gasteiger partial charge in [-0.1, -0.05) is 12.1 Å². The van der Waals surface area contributed by atoms with E-state index in [0.717, 1.165) is 34.1 Å². The number of amides is 1. The summed E-state index contributed by atoms with van der Waals surface area (Å²) in [5.41, 5.74) is 2.89. The number of thiazole rings is 1. The Morgan fingerprint density at radius 2 is 2.14 bits per heavy atom. The molecule has 0 aliphatic heterocycles. The molecule has 3 rings (SSSR count). The van der Waals surface area contributed by atoms with Gasteiger partial charge in [0.2, 0.25) is 5.91 Å². The zero-order chi connectivity index (χ0) is 15.5. The molecule has 5 nitrogen and oxygen atoms in total. The van der Waals surface area contributed by atoms with Crippen molar-refractivity contribution in [2.75, 3.05) is 0 Å². The van der Waals surface area contributed by atoms with E-state index >= 15 is 0 Å². The first-order valence-electron chi connectivity index (χ1n) is 7.29. The number of aryl methyl sites for hydroxylation is 2. The molecular weight excluding hydrogens is 296 g/mol. The van der Waals surface area contributed by atoms with Crippen LogP contribution in [-0.4, -0.2) is 20.4 Å². The molecule has 0 fully saturated rings. The quantitative estimate of drug-likeness (QED) is 0.787. The molecule has 0 saturated carbocycles. The first-order valence-corrected chi connectivity index (χ1v) is 8.17. The van der Waals surface area contributed by atoms with Gasteiger partial charge in [0.15, 0.2) is 0 Å². The maximum absolute atomic E-state index is 12.0. The van der Waals surface area contributed by atoms with Crippen LogP contribution in [0.5, 0.6) is 0 Å². The van der Waals surface area contributed by atoms with Gasteiger partial charge in [-0.05, 0) is 26.0 Å². The summed E-state index contributed by atoms with van der Waals surface area (Å²) in [6.45, 7) is 5.29. The summed E-state index contributed by atoms with van der Waals surface area (Å²) in [6, 6.07) is 8.02. The molecular formula is C16H18N4OS. The maximum atomic E-state index is 12.0. The van der Waals surface area contributed by atoms with Crippen molar-refractivity contribution in [3.8, 4) is 0 Å². The summed E-state index contributed by atoms with van der Waals surface area (Å²) < 4.78 is 2.13. The highest BCUT2D eigenvalue weighted by Gasteiger charge is 2.11. The van der Waals surface area contributed by atoms with Gasteiger partial charge < -0.3 is 9.88 Å². The smallest absolute Gasteiger partial charge is 0.226 e. The van der Waals surface area contributed by atoms with E-state index in [1.165, 1.54) is 0 Å². The third-order valence-electron chi connectivity index (χ3n) is 3.50. The van der Waals surface area contributed by atoms with Crippen LogP contribution in [0, 0.1) is 6.92 Å². The minimum Gasteiger partial charge on any atom is -0.349 e. The van der Waals surface area contributed by atoms with E-state index in [9.17, 15) is 4.79 Å². The van der Waals surface area contributed by atoms with Crippen molar-refractivity contribution in [3.05, 3.63) is 46.2 Å². The van der Waals surface area contributed by atoms with Crippen molar-refractivity contribution in [1.82, 2.24) is 19.9 Å². The van der Waals surface area contributed by atoms with E-state index in [1.54, 1.807) is 11.3 Å². The van der Waals surface area contributed by atoms with Crippen molar-refractivity contribution < 1.29 is 4.79 Å². The Hall–Kier alpha value is -2.21. The largest absolute Gasteiger partial charge is 0.349 e. The number of para-hydroxylation sites is 2. The summed E-state index contributed by atoms with van der Waals surface area (Å²) >= 11 is 1.56. The van der Waals surface area contributed by atoms with Crippen molar-refractivity contribution in [1.29, 1.82) is 0 Å². The third-order valence-corrected chi connectivity index (χ3v) is 4.32. The SMILES string of the molecule is CCn1c(CNC(=O)Cc2csc(C)n2)nc2ccccc21. The lowest BCUT2D eigenvalue weighted by Gasteiger charge is -2.07. The van der Waals surface area contributed by atoms with E-state index in [2.05, 4.69) is 32.8 Å². The Morgan fingerprint density at radius 3 is 2.86 bits per heavy atom. The molecule has 0 spiro atoms. The predicted octanol–water partition coefficient (Wildman–Crippen LogP) is 2.68. The lowest BCUT2D eigenvalue weighted by molar-refractivity contribution is -0.120. The number of rotatable bonds is 5. The molecule has 0 unspecified atom stereocenters.